The van der Waals surface area contributed by atoms with Gasteiger partial charge in [0.05, 0.1) is 32.9 Å². The Labute approximate surface area is 370 Å². The van der Waals surface area contributed by atoms with Crippen molar-refractivity contribution in [2.24, 2.45) is 0 Å². The zero-order valence-electron chi connectivity index (χ0n) is 35.7. The molecule has 2 aliphatic heterocycles. The van der Waals surface area contributed by atoms with Crippen LogP contribution in [0.25, 0.3) is 105 Å². The van der Waals surface area contributed by atoms with Crippen LogP contribution in [0, 0.1) is 0 Å². The van der Waals surface area contributed by atoms with E-state index in [1.165, 1.54) is 49.1 Å². The number of fused-ring (bicyclic) bond motifs is 3. The van der Waals surface area contributed by atoms with Crippen LogP contribution in [0.4, 0.5) is 0 Å². The second-order valence-electron chi connectivity index (χ2n) is 17.2. The molecule has 0 bridgehead atoms. The molecule has 5 heterocycles. The summed E-state index contributed by atoms with van der Waals surface area (Å²) < 4.78 is 20.5. The van der Waals surface area contributed by atoms with Gasteiger partial charge in [0.2, 0.25) is 11.4 Å². The molecule has 6 heteroatoms. The molecule has 6 nitrogen and oxygen atoms in total. The van der Waals surface area contributed by atoms with Gasteiger partial charge in [-0.15, -0.1) is 4.57 Å². The lowest BCUT2D eigenvalue weighted by Gasteiger charge is -2.23. The van der Waals surface area contributed by atoms with Crippen LogP contribution >= 0.6 is 0 Å². The zero-order chi connectivity index (χ0) is 42.5. The molecule has 2 unspecified atom stereocenters. The largest absolute Gasteiger partial charge is 0.477 e. The SMILES string of the molecule is CCC1C[n+]2c(-c3c4ccccc4c(-c4ccc5cccc6c5[n+]4C(CC)O6)c4cc(-c5ccc(-c6nc7ccccc7n6-c6ccccc6)cc5)ccc34)ccc3cccc(c32)O1. The van der Waals surface area contributed by atoms with Crippen molar-refractivity contribution in [3.63, 3.8) is 0 Å². The average molecular weight is 829 g/mol. The Bertz CT molecular complexity index is 3690. The molecule has 0 saturated carbocycles. The minimum absolute atomic E-state index is 0.0816. The van der Waals surface area contributed by atoms with E-state index in [9.17, 15) is 0 Å². The summed E-state index contributed by atoms with van der Waals surface area (Å²) in [6, 6.07) is 65.9. The third-order valence-electron chi connectivity index (χ3n) is 13.6. The van der Waals surface area contributed by atoms with Crippen LogP contribution < -0.4 is 18.6 Å². The number of hydrogen-bond acceptors (Lipinski definition) is 3. The lowest BCUT2D eigenvalue weighted by Crippen LogP contribution is -2.47. The first-order valence-electron chi connectivity index (χ1n) is 22.5. The first-order chi connectivity index (χ1) is 31.6. The molecular weight excluding hydrogens is 785 g/mol. The average Bonchev–Trinajstić information content (AvgIpc) is 3.94. The van der Waals surface area contributed by atoms with Gasteiger partial charge in [-0.25, -0.2) is 4.98 Å². The monoisotopic (exact) mass is 828 g/mol. The quantitative estimate of drug-likeness (QED) is 0.119. The van der Waals surface area contributed by atoms with E-state index in [0.717, 1.165) is 86.8 Å². The maximum atomic E-state index is 6.70. The Hall–Kier alpha value is -7.83. The Balaban J connectivity index is 1.07. The normalized spacial score (nSPS) is 15.3. The molecule has 0 saturated heterocycles. The number of imidazole rings is 1. The summed E-state index contributed by atoms with van der Waals surface area (Å²) in [5.41, 5.74) is 13.6. The van der Waals surface area contributed by atoms with Crippen LogP contribution in [-0.4, -0.2) is 15.7 Å². The van der Waals surface area contributed by atoms with Gasteiger partial charge in [0.25, 0.3) is 11.0 Å². The van der Waals surface area contributed by atoms with Gasteiger partial charge in [-0.05, 0) is 106 Å². The maximum absolute atomic E-state index is 6.70. The van der Waals surface area contributed by atoms with Crippen LogP contribution in [0.3, 0.4) is 0 Å². The fourth-order valence-corrected chi connectivity index (χ4v) is 10.6. The molecule has 3 aromatic heterocycles. The summed E-state index contributed by atoms with van der Waals surface area (Å²) in [4.78, 5) is 5.16. The number of hydrogen-bond donors (Lipinski definition) is 0. The van der Waals surface area contributed by atoms with Crippen LogP contribution in [0.1, 0.15) is 32.9 Å². The lowest BCUT2D eigenvalue weighted by molar-refractivity contribution is -0.709. The fraction of sp³-hybridized carbons (Fsp3) is 0.121. The second-order valence-corrected chi connectivity index (χ2v) is 17.2. The van der Waals surface area contributed by atoms with Crippen molar-refractivity contribution >= 4 is 54.4 Å². The molecule has 2 aliphatic rings. The molecule has 64 heavy (non-hydrogen) atoms. The van der Waals surface area contributed by atoms with Crippen LogP contribution in [0.15, 0.2) is 182 Å². The standard InChI is InChI=1S/C58H44N4O2/c1-3-42-35-60-49(32-29-37-14-12-22-51(63-42)56(37)60)54-43-18-8-9-19-44(43)55(50-33-30-38-15-13-23-52-57(38)62(50)53(4-2)64-52)46-34-40(28-31-45(46)54)36-24-26-39(27-25-36)58-59-47-20-10-11-21-48(47)61(58)41-16-6-5-7-17-41/h5-34,42,53H,3-4,35H2,1-2H3/q+2. The van der Waals surface area contributed by atoms with Crippen molar-refractivity contribution in [2.45, 2.75) is 45.6 Å². The summed E-state index contributed by atoms with van der Waals surface area (Å²) in [6.07, 6.45) is 1.73. The zero-order valence-corrected chi connectivity index (χ0v) is 35.7. The molecule has 0 N–H and O–H groups in total. The topological polar surface area (TPSA) is 44.0 Å². The highest BCUT2D eigenvalue weighted by molar-refractivity contribution is 6.21. The van der Waals surface area contributed by atoms with E-state index < -0.39 is 0 Å². The molecule has 0 aliphatic carbocycles. The number of pyridine rings is 2. The third kappa shape index (κ3) is 5.48. The minimum atomic E-state index is -0.120. The number of benzene rings is 8. The molecule has 0 radical (unpaired) electrons. The summed E-state index contributed by atoms with van der Waals surface area (Å²) >= 11 is 0. The van der Waals surface area contributed by atoms with E-state index in [4.69, 9.17) is 14.5 Å². The highest BCUT2D eigenvalue weighted by atomic mass is 16.5. The highest BCUT2D eigenvalue weighted by Crippen LogP contribution is 2.46. The van der Waals surface area contributed by atoms with Crippen molar-refractivity contribution in [2.75, 3.05) is 0 Å². The molecule has 0 spiro atoms. The van der Waals surface area contributed by atoms with Crippen molar-refractivity contribution in [1.29, 1.82) is 0 Å². The highest BCUT2D eigenvalue weighted by Gasteiger charge is 2.38. The predicted octanol–water partition coefficient (Wildman–Crippen LogP) is 13.4. The molecule has 2 atom stereocenters. The van der Waals surface area contributed by atoms with Crippen molar-refractivity contribution < 1.29 is 18.6 Å². The third-order valence-corrected chi connectivity index (χ3v) is 13.6. The number of rotatable bonds is 7. The lowest BCUT2D eigenvalue weighted by atomic mass is 9.86. The number of nitrogens with zero attached hydrogens (tertiary/aromatic N) is 4. The van der Waals surface area contributed by atoms with E-state index in [-0.39, 0.29) is 12.3 Å². The minimum Gasteiger partial charge on any atom is -0.477 e. The van der Waals surface area contributed by atoms with E-state index in [2.05, 4.69) is 210 Å². The van der Waals surface area contributed by atoms with E-state index >= 15 is 0 Å². The van der Waals surface area contributed by atoms with Gasteiger partial charge in [0.1, 0.15) is 5.82 Å². The maximum Gasteiger partial charge on any atom is 0.302 e. The Morgan fingerprint density at radius 3 is 1.94 bits per heavy atom. The van der Waals surface area contributed by atoms with E-state index in [1.54, 1.807) is 0 Å². The van der Waals surface area contributed by atoms with E-state index in [1.807, 2.05) is 0 Å². The molecular formula is C58H44N4O2+2. The van der Waals surface area contributed by atoms with Gasteiger partial charge in [0, 0.05) is 29.8 Å². The molecule has 306 valence electrons. The molecule has 13 rings (SSSR count). The molecule has 0 amide bonds. The smallest absolute Gasteiger partial charge is 0.302 e. The van der Waals surface area contributed by atoms with Crippen molar-refractivity contribution in [1.82, 2.24) is 9.55 Å². The number of aromatic nitrogens is 4. The van der Waals surface area contributed by atoms with Gasteiger partial charge < -0.3 is 9.47 Å². The van der Waals surface area contributed by atoms with Crippen molar-refractivity contribution in [3.05, 3.63) is 182 Å². The second kappa shape index (κ2) is 14.4. The van der Waals surface area contributed by atoms with Gasteiger partial charge in [0.15, 0.2) is 24.1 Å². The van der Waals surface area contributed by atoms with Gasteiger partial charge in [-0.1, -0.05) is 117 Å². The van der Waals surface area contributed by atoms with Gasteiger partial charge >= 0.3 is 6.23 Å². The molecule has 0 fully saturated rings. The van der Waals surface area contributed by atoms with Gasteiger partial charge in [-0.2, -0.15) is 4.57 Å². The summed E-state index contributed by atoms with van der Waals surface area (Å²) in [5, 5.41) is 7.20. The Kier molecular flexibility index (Phi) is 8.26. The van der Waals surface area contributed by atoms with Crippen LogP contribution in [-0.2, 0) is 6.54 Å². The number of ether oxygens (including phenoxy) is 2. The van der Waals surface area contributed by atoms with Crippen molar-refractivity contribution in [3.8, 4) is 62.2 Å². The van der Waals surface area contributed by atoms with Crippen LogP contribution in [0.2, 0.25) is 0 Å². The predicted molar refractivity (Wildman–Crippen MR) is 258 cm³/mol. The molecule has 8 aromatic carbocycles. The summed E-state index contributed by atoms with van der Waals surface area (Å²) in [6.45, 7) is 5.21. The summed E-state index contributed by atoms with van der Waals surface area (Å²) in [5.74, 6) is 2.81. The van der Waals surface area contributed by atoms with Gasteiger partial charge in [-0.3, -0.25) is 4.57 Å². The first kappa shape index (κ1) is 36.8. The Morgan fingerprint density at radius 2 is 1.17 bits per heavy atom. The fourth-order valence-electron chi connectivity index (χ4n) is 10.6. The molecule has 11 aromatic rings. The first-order valence-corrected chi connectivity index (χ1v) is 22.5. The van der Waals surface area contributed by atoms with Crippen LogP contribution in [0.5, 0.6) is 11.5 Å². The number of para-hydroxylation sites is 5. The summed E-state index contributed by atoms with van der Waals surface area (Å²) in [7, 11) is 0. The van der Waals surface area contributed by atoms with E-state index in [0.29, 0.717) is 0 Å². The Morgan fingerprint density at radius 1 is 0.531 bits per heavy atom.